The first-order chi connectivity index (χ1) is 13.4. The van der Waals surface area contributed by atoms with Crippen molar-refractivity contribution >= 4 is 21.5 Å². The largest absolute Gasteiger partial charge is 0.281 e. The zero-order chi connectivity index (χ0) is 19.5. The summed E-state index contributed by atoms with van der Waals surface area (Å²) in [5.41, 5.74) is 4.23. The maximum Gasteiger partial charge on any atom is 0.0426 e. The van der Waals surface area contributed by atoms with Gasteiger partial charge in [0.25, 0.3) is 0 Å². The highest BCUT2D eigenvalue weighted by molar-refractivity contribution is 6.11. The van der Waals surface area contributed by atoms with E-state index >= 15 is 0 Å². The molecule has 1 nitrogen and oxygen atoms in total. The van der Waals surface area contributed by atoms with E-state index < -0.39 is 0 Å². The van der Waals surface area contributed by atoms with Crippen molar-refractivity contribution in [3.63, 3.8) is 0 Å². The van der Waals surface area contributed by atoms with Crippen LogP contribution in [0.3, 0.4) is 0 Å². The second-order valence-corrected chi connectivity index (χ2v) is 9.03. The molecule has 0 saturated carbocycles. The first kappa shape index (κ1) is 17.5. The van der Waals surface area contributed by atoms with E-state index in [1.165, 1.54) is 38.2 Å². The SMILES string of the molecule is CC1(C)c2c(c3ccccc3c3ccccc23)C(C)(C)N1Cc1ccccc1. The third-order valence-corrected chi connectivity index (χ3v) is 6.69. The molecule has 1 heterocycles. The second-order valence-electron chi connectivity index (χ2n) is 9.03. The average molecular weight is 366 g/mol. The number of nitrogens with zero attached hydrogens (tertiary/aromatic N) is 1. The molecule has 0 aliphatic carbocycles. The molecule has 0 N–H and O–H groups in total. The number of rotatable bonds is 2. The summed E-state index contributed by atoms with van der Waals surface area (Å²) >= 11 is 0. The zero-order valence-electron chi connectivity index (χ0n) is 17.2. The molecular weight excluding hydrogens is 338 g/mol. The standard InChI is InChI=1S/C27H27N/c1-26(2)24-22-16-10-8-14-20(22)21-15-9-11-17-23(21)25(24)27(3,4)28(26)18-19-12-6-5-7-13-19/h5-17H,18H2,1-4H3. The van der Waals surface area contributed by atoms with Gasteiger partial charge in [-0.2, -0.15) is 0 Å². The fourth-order valence-electron chi connectivity index (χ4n) is 5.54. The van der Waals surface area contributed by atoms with Gasteiger partial charge in [0.05, 0.1) is 0 Å². The van der Waals surface area contributed by atoms with Crippen LogP contribution in [0.4, 0.5) is 0 Å². The third-order valence-electron chi connectivity index (χ3n) is 6.69. The maximum atomic E-state index is 2.68. The van der Waals surface area contributed by atoms with Crippen LogP contribution >= 0.6 is 0 Å². The number of hydrogen-bond donors (Lipinski definition) is 0. The Bertz CT molecular complexity index is 1110. The van der Waals surface area contributed by atoms with Gasteiger partial charge in [-0.15, -0.1) is 0 Å². The molecule has 1 aliphatic heterocycles. The summed E-state index contributed by atoms with van der Waals surface area (Å²) in [5.74, 6) is 0. The number of hydrogen-bond acceptors (Lipinski definition) is 1. The van der Waals surface area contributed by atoms with Gasteiger partial charge in [0.2, 0.25) is 0 Å². The summed E-state index contributed by atoms with van der Waals surface area (Å²) < 4.78 is 0. The first-order valence-electron chi connectivity index (χ1n) is 10.2. The average Bonchev–Trinajstić information content (AvgIpc) is 2.86. The molecule has 0 fully saturated rings. The highest BCUT2D eigenvalue weighted by Gasteiger charge is 2.50. The monoisotopic (exact) mass is 365 g/mol. The van der Waals surface area contributed by atoms with E-state index in [0.717, 1.165) is 6.54 Å². The molecule has 0 saturated heterocycles. The van der Waals surface area contributed by atoms with Crippen molar-refractivity contribution in [3.05, 3.63) is 95.6 Å². The summed E-state index contributed by atoms with van der Waals surface area (Å²) in [7, 11) is 0. The molecule has 0 atom stereocenters. The van der Waals surface area contributed by atoms with E-state index in [-0.39, 0.29) is 11.1 Å². The van der Waals surface area contributed by atoms with Crippen molar-refractivity contribution < 1.29 is 0 Å². The van der Waals surface area contributed by atoms with Crippen LogP contribution in [-0.2, 0) is 17.6 Å². The lowest BCUT2D eigenvalue weighted by Gasteiger charge is -2.41. The van der Waals surface area contributed by atoms with Crippen LogP contribution in [0.15, 0.2) is 78.9 Å². The molecule has 1 aliphatic rings. The Labute approximate surface area is 167 Å². The Hall–Kier alpha value is -2.64. The van der Waals surface area contributed by atoms with E-state index in [4.69, 9.17) is 0 Å². The lowest BCUT2D eigenvalue weighted by molar-refractivity contribution is 0.0321. The normalized spacial score (nSPS) is 17.9. The van der Waals surface area contributed by atoms with Gasteiger partial charge in [-0.05, 0) is 65.9 Å². The minimum absolute atomic E-state index is 0.0572. The number of benzene rings is 4. The Morgan fingerprint density at radius 3 is 1.39 bits per heavy atom. The van der Waals surface area contributed by atoms with Gasteiger partial charge in [-0.3, -0.25) is 4.90 Å². The van der Waals surface area contributed by atoms with Crippen molar-refractivity contribution in [2.24, 2.45) is 0 Å². The Morgan fingerprint density at radius 1 is 0.536 bits per heavy atom. The van der Waals surface area contributed by atoms with Crippen LogP contribution in [0.2, 0.25) is 0 Å². The lowest BCUT2D eigenvalue weighted by Crippen LogP contribution is -2.44. The Balaban J connectivity index is 1.85. The molecule has 0 aromatic heterocycles. The maximum absolute atomic E-state index is 2.68. The molecule has 0 radical (unpaired) electrons. The van der Waals surface area contributed by atoms with Crippen LogP contribution in [0.1, 0.15) is 44.4 Å². The molecular formula is C27H27N. The third kappa shape index (κ3) is 2.29. The van der Waals surface area contributed by atoms with E-state index in [9.17, 15) is 0 Å². The highest BCUT2D eigenvalue weighted by Crippen LogP contribution is 2.55. The van der Waals surface area contributed by atoms with Crippen LogP contribution in [0.25, 0.3) is 21.5 Å². The van der Waals surface area contributed by atoms with Gasteiger partial charge in [-0.1, -0.05) is 78.9 Å². The van der Waals surface area contributed by atoms with Crippen LogP contribution in [0, 0.1) is 0 Å². The van der Waals surface area contributed by atoms with Gasteiger partial charge < -0.3 is 0 Å². The first-order valence-corrected chi connectivity index (χ1v) is 10.2. The van der Waals surface area contributed by atoms with Gasteiger partial charge >= 0.3 is 0 Å². The van der Waals surface area contributed by atoms with Crippen LogP contribution < -0.4 is 0 Å². The fraction of sp³-hybridized carbons (Fsp3) is 0.259. The summed E-state index contributed by atoms with van der Waals surface area (Å²) in [5, 5.41) is 5.51. The fourth-order valence-corrected chi connectivity index (χ4v) is 5.54. The van der Waals surface area contributed by atoms with Crippen molar-refractivity contribution in [2.45, 2.75) is 45.3 Å². The Morgan fingerprint density at radius 2 is 0.929 bits per heavy atom. The molecule has 0 bridgehead atoms. The van der Waals surface area contributed by atoms with Crippen molar-refractivity contribution in [2.75, 3.05) is 0 Å². The van der Waals surface area contributed by atoms with Crippen LogP contribution in [0.5, 0.6) is 0 Å². The summed E-state index contributed by atoms with van der Waals surface area (Å²) in [6.45, 7) is 10.5. The minimum Gasteiger partial charge on any atom is -0.281 e. The topological polar surface area (TPSA) is 3.24 Å². The van der Waals surface area contributed by atoms with Gasteiger partial charge in [-0.25, -0.2) is 0 Å². The summed E-state index contributed by atoms with van der Waals surface area (Å²) in [4.78, 5) is 2.68. The molecule has 1 heteroatoms. The zero-order valence-corrected chi connectivity index (χ0v) is 17.2. The predicted octanol–water partition coefficient (Wildman–Crippen LogP) is 6.98. The molecule has 28 heavy (non-hydrogen) atoms. The van der Waals surface area contributed by atoms with E-state index in [1.807, 2.05) is 0 Å². The van der Waals surface area contributed by atoms with Crippen molar-refractivity contribution in [1.29, 1.82) is 0 Å². The Kier molecular flexibility index (Phi) is 3.70. The summed E-state index contributed by atoms with van der Waals surface area (Å²) in [6, 6.07) is 28.7. The summed E-state index contributed by atoms with van der Waals surface area (Å²) in [6.07, 6.45) is 0. The van der Waals surface area contributed by atoms with E-state index in [1.54, 1.807) is 0 Å². The number of fused-ring (bicyclic) bond motifs is 6. The molecule has 5 rings (SSSR count). The van der Waals surface area contributed by atoms with E-state index in [2.05, 4.69) is 111 Å². The van der Waals surface area contributed by atoms with Gasteiger partial charge in [0.1, 0.15) is 0 Å². The molecule has 140 valence electrons. The lowest BCUT2D eigenvalue weighted by atomic mass is 9.82. The molecule has 0 amide bonds. The van der Waals surface area contributed by atoms with E-state index in [0.29, 0.717) is 0 Å². The molecule has 0 unspecified atom stereocenters. The van der Waals surface area contributed by atoms with Crippen LogP contribution in [-0.4, -0.2) is 4.90 Å². The van der Waals surface area contributed by atoms with Gasteiger partial charge in [0, 0.05) is 17.6 Å². The predicted molar refractivity (Wildman–Crippen MR) is 119 cm³/mol. The smallest absolute Gasteiger partial charge is 0.0426 e. The minimum atomic E-state index is -0.0572. The quantitative estimate of drug-likeness (QED) is 0.346. The molecule has 4 aromatic rings. The highest BCUT2D eigenvalue weighted by atomic mass is 15.3. The van der Waals surface area contributed by atoms with Crippen molar-refractivity contribution in [1.82, 2.24) is 4.90 Å². The van der Waals surface area contributed by atoms with Gasteiger partial charge in [0.15, 0.2) is 0 Å². The molecule has 0 spiro atoms. The molecule has 4 aromatic carbocycles. The second kappa shape index (κ2) is 5.93. The van der Waals surface area contributed by atoms with Crippen molar-refractivity contribution in [3.8, 4) is 0 Å².